The van der Waals surface area contributed by atoms with Gasteiger partial charge in [-0.2, -0.15) is 0 Å². The summed E-state index contributed by atoms with van der Waals surface area (Å²) in [6.07, 6.45) is 1.76. The van der Waals surface area contributed by atoms with Crippen LogP contribution in [0.15, 0.2) is 59.4 Å². The molecule has 5 amide bonds. The summed E-state index contributed by atoms with van der Waals surface area (Å²) >= 11 is 0. The number of imide groups is 2. The molecule has 5 aromatic rings. The number of H-pyrrole nitrogens is 2. The van der Waals surface area contributed by atoms with Crippen molar-refractivity contribution in [1.82, 2.24) is 30.1 Å². The van der Waals surface area contributed by atoms with E-state index in [2.05, 4.69) is 30.5 Å². The molecule has 3 aliphatic rings. The fraction of sp³-hybridized carbons (Fsp3) is 0.289. The second-order valence-corrected chi connectivity index (χ2v) is 13.6. The summed E-state index contributed by atoms with van der Waals surface area (Å²) in [4.78, 5) is 91.8. The molecule has 1 unspecified atom stereocenters. The normalized spacial score (nSPS) is 17.4. The monoisotopic (exact) mass is 733 g/mol. The molecule has 3 aromatic carbocycles. The number of nitrogens with two attached hydrogens (primary N) is 1. The zero-order valence-electron chi connectivity index (χ0n) is 29.0. The van der Waals surface area contributed by atoms with Crippen LogP contribution in [0.25, 0.3) is 33.3 Å². The van der Waals surface area contributed by atoms with Crippen LogP contribution in [0.3, 0.4) is 0 Å². The zero-order valence-corrected chi connectivity index (χ0v) is 29.0. The van der Waals surface area contributed by atoms with Crippen molar-refractivity contribution in [3.63, 3.8) is 0 Å². The Kier molecular flexibility index (Phi) is 8.79. The fourth-order valence-electron chi connectivity index (χ4n) is 7.54. The number of aromatic amines is 2. The highest BCUT2D eigenvalue weighted by Crippen LogP contribution is 2.33. The molecule has 0 aliphatic carbocycles. The Labute approximate surface area is 306 Å². The van der Waals surface area contributed by atoms with Gasteiger partial charge in [0.05, 0.1) is 38.8 Å². The number of halogens is 1. The highest BCUT2D eigenvalue weighted by atomic mass is 19.1. The number of piperazine rings is 1. The van der Waals surface area contributed by atoms with Gasteiger partial charge in [-0.1, -0.05) is 12.1 Å². The van der Waals surface area contributed by atoms with Gasteiger partial charge in [0.1, 0.15) is 23.2 Å². The molecular formula is C38H36FN9O6. The summed E-state index contributed by atoms with van der Waals surface area (Å²) in [5.41, 5.74) is 9.32. The summed E-state index contributed by atoms with van der Waals surface area (Å²) in [6.45, 7) is 2.81. The SMILES string of the molecule is Nc1c(-c2nc3ccc(N4CCN(C(=O)CCCCNc5cccc6c5C(=O)N(C5CCC(=O)NC5=O)C6=O)CC4)cc3[nH]2)c(=O)[nH]c2cccc(F)c12. The molecule has 2 aromatic heterocycles. The molecule has 0 bridgehead atoms. The first-order valence-electron chi connectivity index (χ1n) is 17.8. The third kappa shape index (κ3) is 6.08. The Morgan fingerprint density at radius 3 is 2.50 bits per heavy atom. The number of hydrogen-bond acceptors (Lipinski definition) is 10. The molecule has 1 atom stereocenters. The predicted molar refractivity (Wildman–Crippen MR) is 198 cm³/mol. The molecule has 0 radical (unpaired) electrons. The fourth-order valence-corrected chi connectivity index (χ4v) is 7.54. The number of hydrogen-bond donors (Lipinski definition) is 5. The van der Waals surface area contributed by atoms with Crippen molar-refractivity contribution in [2.24, 2.45) is 0 Å². The maximum absolute atomic E-state index is 14.6. The van der Waals surface area contributed by atoms with Crippen molar-refractivity contribution in [2.75, 3.05) is 48.7 Å². The lowest BCUT2D eigenvalue weighted by atomic mass is 10.0. The van der Waals surface area contributed by atoms with Crippen LogP contribution in [-0.2, 0) is 14.4 Å². The first-order valence-corrected chi connectivity index (χ1v) is 17.8. The maximum Gasteiger partial charge on any atom is 0.264 e. The number of nitrogens with zero attached hydrogens (tertiary/aromatic N) is 4. The standard InChI is InChI=1S/C38H36FN9O6/c39-22-6-4-8-25-31(22)33(40)32(36(52)44-25)34-42-23-11-10-20(19-26(23)43-34)46-15-17-47(18-16-46)29(50)9-1-2-14-41-24-7-3-5-21-30(24)38(54)48(37(21)53)27-12-13-28(49)45-35(27)51/h3-8,10-11,19,27,41H,1-2,9,12-18H2,(H,42,43)(H3,40,44,52)(H,45,49,51). The molecule has 3 aliphatic heterocycles. The smallest absolute Gasteiger partial charge is 0.264 e. The summed E-state index contributed by atoms with van der Waals surface area (Å²) in [6, 6.07) is 14.0. The molecular weight excluding hydrogens is 697 g/mol. The van der Waals surface area contributed by atoms with E-state index in [1.54, 1.807) is 24.3 Å². The number of nitrogen functional groups attached to an aromatic ring is 1. The predicted octanol–water partition coefficient (Wildman–Crippen LogP) is 3.12. The van der Waals surface area contributed by atoms with Gasteiger partial charge in [0.2, 0.25) is 17.7 Å². The van der Waals surface area contributed by atoms with Crippen LogP contribution < -0.4 is 26.8 Å². The van der Waals surface area contributed by atoms with Gasteiger partial charge in [0.15, 0.2) is 0 Å². The average molecular weight is 734 g/mol. The number of nitrogens with one attached hydrogen (secondary N) is 4. The Hall–Kier alpha value is -6.58. The molecule has 2 fully saturated rings. The molecule has 54 heavy (non-hydrogen) atoms. The molecule has 276 valence electrons. The third-order valence-corrected chi connectivity index (χ3v) is 10.3. The minimum atomic E-state index is -1.03. The second kappa shape index (κ2) is 13.8. The van der Waals surface area contributed by atoms with Crippen LogP contribution in [0.4, 0.5) is 21.5 Å². The number of aromatic nitrogens is 3. The molecule has 2 saturated heterocycles. The van der Waals surface area contributed by atoms with Crippen molar-refractivity contribution >= 4 is 68.5 Å². The van der Waals surface area contributed by atoms with Crippen molar-refractivity contribution in [3.05, 3.63) is 81.9 Å². The van der Waals surface area contributed by atoms with Crippen molar-refractivity contribution in [2.45, 2.75) is 38.1 Å². The average Bonchev–Trinajstić information content (AvgIpc) is 3.68. The van der Waals surface area contributed by atoms with E-state index < -0.39 is 41.0 Å². The number of carbonyl (C=O) groups excluding carboxylic acids is 5. The van der Waals surface area contributed by atoms with E-state index in [-0.39, 0.29) is 52.3 Å². The van der Waals surface area contributed by atoms with E-state index in [9.17, 15) is 33.2 Å². The highest BCUT2D eigenvalue weighted by molar-refractivity contribution is 6.25. The molecule has 15 nitrogen and oxygen atoms in total. The molecule has 0 spiro atoms. The van der Waals surface area contributed by atoms with Gasteiger partial charge >= 0.3 is 0 Å². The van der Waals surface area contributed by atoms with Crippen molar-refractivity contribution in [1.29, 1.82) is 0 Å². The van der Waals surface area contributed by atoms with Crippen molar-refractivity contribution < 1.29 is 28.4 Å². The van der Waals surface area contributed by atoms with Crippen LogP contribution in [0, 0.1) is 5.82 Å². The van der Waals surface area contributed by atoms with Crippen LogP contribution in [0.1, 0.15) is 52.8 Å². The van der Waals surface area contributed by atoms with Crippen LogP contribution >= 0.6 is 0 Å². The summed E-state index contributed by atoms with van der Waals surface area (Å²) in [5.74, 6) is -2.46. The number of rotatable bonds is 9. The van der Waals surface area contributed by atoms with E-state index in [1.165, 1.54) is 12.1 Å². The number of pyridine rings is 1. The third-order valence-electron chi connectivity index (χ3n) is 10.3. The number of anilines is 3. The number of amides is 5. The largest absolute Gasteiger partial charge is 0.397 e. The number of benzene rings is 3. The van der Waals surface area contributed by atoms with Gasteiger partial charge in [0.25, 0.3) is 17.4 Å². The topological polar surface area (TPSA) is 207 Å². The van der Waals surface area contributed by atoms with Gasteiger partial charge in [0, 0.05) is 56.9 Å². The van der Waals surface area contributed by atoms with Gasteiger partial charge in [-0.15, -0.1) is 0 Å². The van der Waals surface area contributed by atoms with Gasteiger partial charge in [-0.3, -0.25) is 39.0 Å². The number of imidazole rings is 1. The summed E-state index contributed by atoms with van der Waals surface area (Å²) in [7, 11) is 0. The van der Waals surface area contributed by atoms with E-state index in [1.807, 2.05) is 23.1 Å². The Balaban J connectivity index is 0.835. The van der Waals surface area contributed by atoms with E-state index in [0.29, 0.717) is 74.2 Å². The Morgan fingerprint density at radius 1 is 0.907 bits per heavy atom. The lowest BCUT2D eigenvalue weighted by Gasteiger charge is -2.36. The van der Waals surface area contributed by atoms with Crippen LogP contribution in [0.2, 0.25) is 0 Å². The summed E-state index contributed by atoms with van der Waals surface area (Å²) < 4.78 is 14.6. The van der Waals surface area contributed by atoms with E-state index in [0.717, 1.165) is 10.6 Å². The van der Waals surface area contributed by atoms with Gasteiger partial charge in [-0.25, -0.2) is 9.37 Å². The molecule has 8 rings (SSSR count). The van der Waals surface area contributed by atoms with Crippen LogP contribution in [0.5, 0.6) is 0 Å². The quantitative estimate of drug-likeness (QED) is 0.111. The minimum Gasteiger partial charge on any atom is -0.397 e. The van der Waals surface area contributed by atoms with E-state index >= 15 is 0 Å². The zero-order chi connectivity index (χ0) is 37.7. The first-order chi connectivity index (χ1) is 26.1. The van der Waals surface area contributed by atoms with Crippen LogP contribution in [-0.4, -0.2) is 93.1 Å². The lowest BCUT2D eigenvalue weighted by molar-refractivity contribution is -0.136. The molecule has 0 saturated carbocycles. The number of unbranched alkanes of at least 4 members (excludes halogenated alkanes) is 1. The molecule has 16 heteroatoms. The number of carbonyl (C=O) groups is 5. The van der Waals surface area contributed by atoms with Gasteiger partial charge in [-0.05, 0) is 61.7 Å². The number of piperidine rings is 1. The van der Waals surface area contributed by atoms with E-state index in [4.69, 9.17) is 5.73 Å². The second-order valence-electron chi connectivity index (χ2n) is 13.6. The Bertz CT molecular complexity index is 2450. The molecule has 5 heterocycles. The first kappa shape index (κ1) is 34.5. The molecule has 6 N–H and O–H groups in total. The lowest BCUT2D eigenvalue weighted by Crippen LogP contribution is -2.54. The highest BCUT2D eigenvalue weighted by Gasteiger charge is 2.45. The van der Waals surface area contributed by atoms with Crippen molar-refractivity contribution in [3.8, 4) is 11.4 Å². The minimum absolute atomic E-state index is 0.0109. The Morgan fingerprint density at radius 2 is 1.70 bits per heavy atom. The summed E-state index contributed by atoms with van der Waals surface area (Å²) in [5, 5.41) is 5.55. The van der Waals surface area contributed by atoms with Gasteiger partial charge < -0.3 is 30.8 Å². The maximum atomic E-state index is 14.6. The number of fused-ring (bicyclic) bond motifs is 3.